The Hall–Kier alpha value is -0.130. The van der Waals surface area contributed by atoms with Gasteiger partial charge in [-0.1, -0.05) is 26.2 Å². The Labute approximate surface area is 92.1 Å². The van der Waals surface area contributed by atoms with Gasteiger partial charge in [0.1, 0.15) is 0 Å². The Morgan fingerprint density at radius 2 is 1.93 bits per heavy atom. The van der Waals surface area contributed by atoms with Crippen LogP contribution in [-0.4, -0.2) is 31.4 Å². The molecule has 90 valence electrons. The van der Waals surface area contributed by atoms with Crippen molar-refractivity contribution in [2.24, 2.45) is 0 Å². The Morgan fingerprint density at radius 3 is 2.40 bits per heavy atom. The summed E-state index contributed by atoms with van der Waals surface area (Å²) < 4.78 is 26.4. The molecular formula is C10H21NO3S. The van der Waals surface area contributed by atoms with Crippen molar-refractivity contribution in [1.29, 1.82) is 0 Å². The third-order valence-electron chi connectivity index (χ3n) is 3.04. The highest BCUT2D eigenvalue weighted by Crippen LogP contribution is 2.23. The standard InChI is InChI=1S/C10H21NO3S/c1-2-9(8-12)11-15(13,14)10-6-4-3-5-7-10/h9-12H,2-8H2,1H3/t9-/m1/s1. The maximum Gasteiger partial charge on any atom is 0.214 e. The van der Waals surface area contributed by atoms with Crippen LogP contribution in [0, 0.1) is 0 Å². The summed E-state index contributed by atoms with van der Waals surface area (Å²) in [6, 6.07) is -0.322. The first kappa shape index (κ1) is 12.9. The van der Waals surface area contributed by atoms with Crippen molar-refractivity contribution < 1.29 is 13.5 Å². The fraction of sp³-hybridized carbons (Fsp3) is 1.00. The molecule has 15 heavy (non-hydrogen) atoms. The Kier molecular flexibility index (Phi) is 5.02. The lowest BCUT2D eigenvalue weighted by Crippen LogP contribution is -2.43. The summed E-state index contributed by atoms with van der Waals surface area (Å²) in [6.45, 7) is 1.74. The highest BCUT2D eigenvalue weighted by Gasteiger charge is 2.28. The minimum Gasteiger partial charge on any atom is -0.395 e. The lowest BCUT2D eigenvalue weighted by molar-refractivity contribution is 0.253. The van der Waals surface area contributed by atoms with E-state index >= 15 is 0 Å². The molecule has 1 saturated carbocycles. The van der Waals surface area contributed by atoms with Crippen molar-refractivity contribution in [3.63, 3.8) is 0 Å². The minimum absolute atomic E-state index is 0.123. The molecule has 0 saturated heterocycles. The van der Waals surface area contributed by atoms with E-state index in [4.69, 9.17) is 5.11 Å². The lowest BCUT2D eigenvalue weighted by Gasteiger charge is -2.24. The second kappa shape index (κ2) is 5.82. The van der Waals surface area contributed by atoms with Crippen molar-refractivity contribution >= 4 is 10.0 Å². The normalized spacial score (nSPS) is 21.5. The molecule has 0 spiro atoms. The molecule has 0 aliphatic heterocycles. The van der Waals surface area contributed by atoms with E-state index < -0.39 is 10.0 Å². The number of aliphatic hydroxyl groups is 1. The second-order valence-electron chi connectivity index (χ2n) is 4.21. The van der Waals surface area contributed by atoms with E-state index in [-0.39, 0.29) is 17.9 Å². The molecule has 0 radical (unpaired) electrons. The van der Waals surface area contributed by atoms with Gasteiger partial charge < -0.3 is 5.11 Å². The predicted molar refractivity (Wildman–Crippen MR) is 60.1 cm³/mol. The number of aliphatic hydroxyl groups excluding tert-OH is 1. The van der Waals surface area contributed by atoms with E-state index in [2.05, 4.69) is 4.72 Å². The molecule has 0 aromatic carbocycles. The van der Waals surface area contributed by atoms with E-state index in [9.17, 15) is 8.42 Å². The minimum atomic E-state index is -3.22. The van der Waals surface area contributed by atoms with Crippen LogP contribution in [-0.2, 0) is 10.0 Å². The molecule has 1 aliphatic carbocycles. The molecule has 0 heterocycles. The highest BCUT2D eigenvalue weighted by molar-refractivity contribution is 7.90. The van der Waals surface area contributed by atoms with Crippen LogP contribution >= 0.6 is 0 Å². The molecule has 1 fully saturated rings. The molecule has 1 atom stereocenters. The van der Waals surface area contributed by atoms with Crippen molar-refractivity contribution in [1.82, 2.24) is 4.72 Å². The van der Waals surface area contributed by atoms with Crippen molar-refractivity contribution in [2.45, 2.75) is 56.7 Å². The van der Waals surface area contributed by atoms with Gasteiger partial charge in [0, 0.05) is 6.04 Å². The quantitative estimate of drug-likeness (QED) is 0.747. The Morgan fingerprint density at radius 1 is 1.33 bits per heavy atom. The fourth-order valence-corrected chi connectivity index (χ4v) is 3.81. The number of nitrogens with one attached hydrogen (secondary N) is 1. The molecule has 5 heteroatoms. The molecule has 1 aliphatic rings. The maximum atomic E-state index is 11.9. The average molecular weight is 235 g/mol. The number of sulfonamides is 1. The zero-order valence-electron chi connectivity index (χ0n) is 9.28. The van der Waals surface area contributed by atoms with Gasteiger partial charge in [-0.05, 0) is 19.3 Å². The van der Waals surface area contributed by atoms with Gasteiger partial charge in [-0.25, -0.2) is 13.1 Å². The first-order valence-corrected chi connectivity index (χ1v) is 7.26. The van der Waals surface area contributed by atoms with Crippen LogP contribution in [0.1, 0.15) is 45.4 Å². The zero-order chi connectivity index (χ0) is 11.3. The van der Waals surface area contributed by atoms with E-state index in [0.717, 1.165) is 32.1 Å². The van der Waals surface area contributed by atoms with Crippen LogP contribution in [0.4, 0.5) is 0 Å². The molecule has 0 aromatic heterocycles. The molecule has 0 bridgehead atoms. The third kappa shape index (κ3) is 3.74. The van der Waals surface area contributed by atoms with Gasteiger partial charge in [-0.3, -0.25) is 0 Å². The van der Waals surface area contributed by atoms with Gasteiger partial charge in [0.05, 0.1) is 11.9 Å². The molecule has 4 nitrogen and oxygen atoms in total. The van der Waals surface area contributed by atoms with E-state index in [1.54, 1.807) is 0 Å². The molecule has 1 rings (SSSR count). The van der Waals surface area contributed by atoms with Crippen LogP contribution < -0.4 is 4.72 Å². The Bertz CT molecular complexity index is 266. The number of rotatable bonds is 5. The fourth-order valence-electron chi connectivity index (χ4n) is 1.95. The summed E-state index contributed by atoms with van der Waals surface area (Å²) in [5.41, 5.74) is 0. The summed E-state index contributed by atoms with van der Waals surface area (Å²) in [4.78, 5) is 0. The summed E-state index contributed by atoms with van der Waals surface area (Å²) in [5, 5.41) is 8.72. The van der Waals surface area contributed by atoms with Crippen molar-refractivity contribution in [2.75, 3.05) is 6.61 Å². The van der Waals surface area contributed by atoms with Gasteiger partial charge in [0.15, 0.2) is 0 Å². The smallest absolute Gasteiger partial charge is 0.214 e. The average Bonchev–Trinajstić information content (AvgIpc) is 2.27. The molecule has 0 aromatic rings. The van der Waals surface area contributed by atoms with Crippen LogP contribution in [0.15, 0.2) is 0 Å². The first-order valence-electron chi connectivity index (χ1n) is 5.72. The van der Waals surface area contributed by atoms with Gasteiger partial charge in [-0.15, -0.1) is 0 Å². The first-order chi connectivity index (χ1) is 7.10. The van der Waals surface area contributed by atoms with Gasteiger partial charge in [0.25, 0.3) is 0 Å². The largest absolute Gasteiger partial charge is 0.395 e. The third-order valence-corrected chi connectivity index (χ3v) is 5.05. The molecule has 0 unspecified atom stereocenters. The summed E-state index contributed by atoms with van der Waals surface area (Å²) in [5.74, 6) is 0. The SMILES string of the molecule is CC[C@H](CO)NS(=O)(=O)C1CCCCC1. The van der Waals surface area contributed by atoms with Crippen molar-refractivity contribution in [3.8, 4) is 0 Å². The van der Waals surface area contributed by atoms with Crippen LogP contribution in [0.25, 0.3) is 0 Å². The maximum absolute atomic E-state index is 11.9. The monoisotopic (exact) mass is 235 g/mol. The zero-order valence-corrected chi connectivity index (χ0v) is 10.1. The second-order valence-corrected chi connectivity index (χ2v) is 6.20. The lowest BCUT2D eigenvalue weighted by atomic mass is 10.0. The van der Waals surface area contributed by atoms with E-state index in [0.29, 0.717) is 6.42 Å². The Balaban J connectivity index is 2.56. The van der Waals surface area contributed by atoms with Gasteiger partial charge in [0.2, 0.25) is 10.0 Å². The van der Waals surface area contributed by atoms with E-state index in [1.807, 2.05) is 6.92 Å². The van der Waals surface area contributed by atoms with Crippen LogP contribution in [0.2, 0.25) is 0 Å². The summed E-state index contributed by atoms with van der Waals surface area (Å²) in [6.07, 6.45) is 5.29. The molecular weight excluding hydrogens is 214 g/mol. The molecule has 2 N–H and O–H groups in total. The highest BCUT2D eigenvalue weighted by atomic mass is 32.2. The summed E-state index contributed by atoms with van der Waals surface area (Å²) in [7, 11) is -3.22. The topological polar surface area (TPSA) is 66.4 Å². The van der Waals surface area contributed by atoms with Gasteiger partial charge >= 0.3 is 0 Å². The predicted octanol–water partition coefficient (Wildman–Crippen LogP) is 1.01. The van der Waals surface area contributed by atoms with Crippen LogP contribution in [0.5, 0.6) is 0 Å². The number of hydrogen-bond acceptors (Lipinski definition) is 3. The van der Waals surface area contributed by atoms with Gasteiger partial charge in [-0.2, -0.15) is 0 Å². The summed E-state index contributed by atoms with van der Waals surface area (Å²) >= 11 is 0. The molecule has 0 amide bonds. The van der Waals surface area contributed by atoms with E-state index in [1.165, 1.54) is 0 Å². The van der Waals surface area contributed by atoms with Crippen molar-refractivity contribution in [3.05, 3.63) is 0 Å². The number of hydrogen-bond donors (Lipinski definition) is 2. The van der Waals surface area contributed by atoms with Crippen LogP contribution in [0.3, 0.4) is 0 Å².